The van der Waals surface area contributed by atoms with Gasteiger partial charge in [0.2, 0.25) is 0 Å². The van der Waals surface area contributed by atoms with Gasteiger partial charge in [0.1, 0.15) is 11.4 Å². The van der Waals surface area contributed by atoms with Crippen molar-refractivity contribution in [2.24, 2.45) is 10.8 Å². The molecule has 2 saturated carbocycles. The average molecular weight is 718 g/mol. The Morgan fingerprint density at radius 3 is 1.36 bits per heavy atom. The van der Waals surface area contributed by atoms with E-state index < -0.39 is 11.9 Å². The fourth-order valence-electron chi connectivity index (χ4n) is 9.01. The summed E-state index contributed by atoms with van der Waals surface area (Å²) in [6.45, 7) is 14.6. The van der Waals surface area contributed by atoms with Crippen LogP contribution < -0.4 is 0 Å². The Morgan fingerprint density at radius 2 is 0.957 bits per heavy atom. The van der Waals surface area contributed by atoms with E-state index in [-0.39, 0.29) is 52.5 Å². The first-order valence-corrected chi connectivity index (χ1v) is 16.1. The number of hydrogen-bond donors (Lipinski definition) is 2. The van der Waals surface area contributed by atoms with Gasteiger partial charge in [0, 0.05) is 53.5 Å². The number of pyridine rings is 4. The molecular weight excluding hydrogens is 678 g/mol. The van der Waals surface area contributed by atoms with Crippen LogP contribution in [0.2, 0.25) is 0 Å². The van der Waals surface area contributed by atoms with Crippen molar-refractivity contribution in [3.05, 3.63) is 94.6 Å². The van der Waals surface area contributed by atoms with Crippen molar-refractivity contribution in [3.8, 4) is 22.8 Å². The molecule has 0 amide bonds. The van der Waals surface area contributed by atoms with Crippen molar-refractivity contribution in [1.82, 2.24) is 19.9 Å². The topological polar surface area (TPSA) is 126 Å². The van der Waals surface area contributed by atoms with E-state index >= 15 is 0 Å². The molecule has 2 fully saturated rings. The summed E-state index contributed by atoms with van der Waals surface area (Å²) in [6, 6.07) is 19.1. The summed E-state index contributed by atoms with van der Waals surface area (Å²) in [6.07, 6.45) is 5.03. The second-order valence-corrected chi connectivity index (χ2v) is 15.0. The zero-order valence-corrected chi connectivity index (χ0v) is 29.3. The molecule has 4 aliphatic carbocycles. The molecule has 47 heavy (non-hydrogen) atoms. The third-order valence-electron chi connectivity index (χ3n) is 12.6. The maximum Gasteiger partial charge on any atom is 0.354 e. The van der Waals surface area contributed by atoms with E-state index in [1.807, 2.05) is 0 Å². The Balaban J connectivity index is 0.000000254. The molecule has 4 bridgehead atoms. The molecular formula is C38H40N4O4Ru. The first-order valence-electron chi connectivity index (χ1n) is 16.1. The predicted molar refractivity (Wildman–Crippen MR) is 175 cm³/mol. The monoisotopic (exact) mass is 718 g/mol. The van der Waals surface area contributed by atoms with E-state index in [1.54, 1.807) is 0 Å². The van der Waals surface area contributed by atoms with Crippen LogP contribution in [0.3, 0.4) is 0 Å². The predicted octanol–water partition coefficient (Wildman–Crippen LogP) is 8.03. The van der Waals surface area contributed by atoms with Gasteiger partial charge in [0.05, 0.1) is 22.8 Å². The standard InChI is InChI=1S/C31H35N3.C7H5NO4.Ru/c1-28(2)18-14-16-30(28,5)20-10-12-24(33-26(18)20)22-8-7-9-23(32-22)25-13-11-21-27(34-25)19-15-17-31(21,6)29(19,3)4;9-6(10)4-2-1-3-5(8-4)7(11)12;/h7-13,18-19H,14-17H2,1-6H3;1-3H,(H,9,10)(H,11,12);/t18-,19-,30-,31-;;/m0../s1. The van der Waals surface area contributed by atoms with Crippen LogP contribution in [0.15, 0.2) is 60.7 Å². The summed E-state index contributed by atoms with van der Waals surface area (Å²) in [5, 5.41) is 16.9. The van der Waals surface area contributed by atoms with Gasteiger partial charge in [-0.2, -0.15) is 0 Å². The Hall–Kier alpha value is -3.84. The van der Waals surface area contributed by atoms with Crippen molar-refractivity contribution in [3.63, 3.8) is 0 Å². The van der Waals surface area contributed by atoms with Crippen molar-refractivity contribution in [2.45, 2.75) is 89.9 Å². The zero-order valence-electron chi connectivity index (χ0n) is 27.6. The third-order valence-corrected chi connectivity index (χ3v) is 12.6. The maximum atomic E-state index is 10.3. The number of aromatic nitrogens is 4. The summed E-state index contributed by atoms with van der Waals surface area (Å²) in [5.41, 5.74) is 9.90. The first kappa shape index (κ1) is 33.1. The van der Waals surface area contributed by atoms with E-state index in [0.29, 0.717) is 11.8 Å². The van der Waals surface area contributed by atoms with Crippen LogP contribution in [0.25, 0.3) is 22.8 Å². The number of rotatable bonds is 4. The Bertz CT molecular complexity index is 1810. The van der Waals surface area contributed by atoms with Gasteiger partial charge in [-0.25, -0.2) is 19.6 Å². The van der Waals surface area contributed by atoms with Crippen molar-refractivity contribution >= 4 is 11.9 Å². The van der Waals surface area contributed by atoms with Gasteiger partial charge >= 0.3 is 11.9 Å². The Labute approximate surface area is 288 Å². The quantitative estimate of drug-likeness (QED) is 0.203. The van der Waals surface area contributed by atoms with E-state index in [9.17, 15) is 9.59 Å². The maximum absolute atomic E-state index is 10.3. The van der Waals surface area contributed by atoms with Crippen molar-refractivity contribution < 1.29 is 39.3 Å². The van der Waals surface area contributed by atoms with Crippen LogP contribution in [0.1, 0.15) is 123 Å². The van der Waals surface area contributed by atoms with E-state index in [1.165, 1.54) is 66.4 Å². The molecule has 244 valence electrons. The minimum atomic E-state index is -1.24. The van der Waals surface area contributed by atoms with E-state index in [0.717, 1.165) is 22.8 Å². The van der Waals surface area contributed by atoms with Gasteiger partial charge in [0.25, 0.3) is 0 Å². The summed E-state index contributed by atoms with van der Waals surface area (Å²) >= 11 is 0. The minimum absolute atomic E-state index is 0. The summed E-state index contributed by atoms with van der Waals surface area (Å²) < 4.78 is 0. The second kappa shape index (κ2) is 11.1. The second-order valence-electron chi connectivity index (χ2n) is 15.0. The Morgan fingerprint density at radius 1 is 0.574 bits per heavy atom. The van der Waals surface area contributed by atoms with Gasteiger partial charge in [-0.1, -0.05) is 65.8 Å². The normalized spacial score (nSPS) is 26.4. The molecule has 0 spiro atoms. The molecule has 9 heteroatoms. The number of carboxylic acid groups (broad SMARTS) is 2. The van der Waals surface area contributed by atoms with Crippen LogP contribution in [0.4, 0.5) is 0 Å². The number of nitrogens with zero attached hydrogens (tertiary/aromatic N) is 4. The summed E-state index contributed by atoms with van der Waals surface area (Å²) in [5.74, 6) is -1.38. The molecule has 4 atom stereocenters. The largest absolute Gasteiger partial charge is 0.477 e. The minimum Gasteiger partial charge on any atom is -0.477 e. The molecule has 4 heterocycles. The molecule has 0 aromatic carbocycles. The number of carbonyl (C=O) groups is 2. The van der Waals surface area contributed by atoms with Crippen LogP contribution >= 0.6 is 0 Å². The van der Waals surface area contributed by atoms with Crippen LogP contribution in [-0.2, 0) is 30.3 Å². The molecule has 4 aromatic heterocycles. The molecule has 4 aliphatic rings. The van der Waals surface area contributed by atoms with Gasteiger partial charge in [0.15, 0.2) is 0 Å². The molecule has 0 aliphatic heterocycles. The molecule has 8 rings (SSSR count). The fourth-order valence-corrected chi connectivity index (χ4v) is 9.01. The van der Waals surface area contributed by atoms with E-state index in [4.69, 9.17) is 25.2 Å². The third kappa shape index (κ3) is 4.71. The molecule has 0 radical (unpaired) electrons. The number of hydrogen-bond acceptors (Lipinski definition) is 6. The van der Waals surface area contributed by atoms with E-state index in [2.05, 4.69) is 89.0 Å². The SMILES string of the molecule is CC1(C)[C@H]2CC[C@@]1(C)c1ccc(-c3cccc(-c4ccc5c(n4)[C@@H]4CC[C@]5(C)C4(C)C)n3)nc12.O=C(O)c1cccc(C(=O)O)n1.[Ru]. The number of fused-ring (bicyclic) bond motifs is 10. The summed E-state index contributed by atoms with van der Waals surface area (Å²) in [4.78, 5) is 39.5. The fraction of sp³-hybridized carbons (Fsp3) is 0.421. The van der Waals surface area contributed by atoms with Crippen LogP contribution in [0.5, 0.6) is 0 Å². The van der Waals surface area contributed by atoms with Crippen LogP contribution in [-0.4, -0.2) is 42.1 Å². The van der Waals surface area contributed by atoms with Gasteiger partial charge in [-0.05, 0) is 84.0 Å². The molecule has 2 N–H and O–H groups in total. The molecule has 8 nitrogen and oxygen atoms in total. The van der Waals surface area contributed by atoms with Crippen LogP contribution in [0, 0.1) is 10.8 Å². The first-order chi connectivity index (χ1) is 21.7. The average Bonchev–Trinajstić information content (AvgIpc) is 3.56. The summed E-state index contributed by atoms with van der Waals surface area (Å²) in [7, 11) is 0. The van der Waals surface area contributed by atoms with Gasteiger partial charge < -0.3 is 10.2 Å². The Kier molecular flexibility index (Phi) is 7.82. The number of aromatic carboxylic acids is 2. The number of carboxylic acids is 2. The van der Waals surface area contributed by atoms with Gasteiger partial charge in [-0.3, -0.25) is 9.97 Å². The van der Waals surface area contributed by atoms with Crippen molar-refractivity contribution in [2.75, 3.05) is 0 Å². The molecule has 0 unspecified atom stereocenters. The van der Waals surface area contributed by atoms with Gasteiger partial charge in [-0.15, -0.1) is 0 Å². The smallest absolute Gasteiger partial charge is 0.354 e. The molecule has 0 saturated heterocycles. The zero-order chi connectivity index (χ0) is 32.8. The van der Waals surface area contributed by atoms with Crippen molar-refractivity contribution in [1.29, 1.82) is 0 Å². The molecule has 4 aromatic rings.